The van der Waals surface area contributed by atoms with E-state index in [1.807, 2.05) is 62.4 Å². The molecule has 1 heterocycles. The van der Waals surface area contributed by atoms with Crippen LogP contribution in [0.5, 0.6) is 11.6 Å². The number of para-hydroxylation sites is 1. The second-order valence-electron chi connectivity index (χ2n) is 5.70. The summed E-state index contributed by atoms with van der Waals surface area (Å²) in [6.45, 7) is 3.94. The molecule has 0 fully saturated rings. The molecule has 0 unspecified atom stereocenters. The third kappa shape index (κ3) is 4.57. The van der Waals surface area contributed by atoms with Crippen LogP contribution in [-0.2, 0) is 0 Å². The second-order valence-corrected chi connectivity index (χ2v) is 5.70. The van der Waals surface area contributed by atoms with Crippen molar-refractivity contribution in [2.75, 3.05) is 10.6 Å². The zero-order valence-corrected chi connectivity index (χ0v) is 14.1. The standard InChI is InChI=1S/C20H19N3O2/c1-14-6-5-8-17(12-14)25-19-11-10-16(13-21-19)22-20(24)23-18-9-4-3-7-15(18)2/h3-13H,1-2H3,(H2,22,23,24). The van der Waals surface area contributed by atoms with Gasteiger partial charge in [0, 0.05) is 11.8 Å². The monoisotopic (exact) mass is 333 g/mol. The molecule has 3 rings (SSSR count). The molecule has 2 amide bonds. The minimum absolute atomic E-state index is 0.316. The zero-order valence-electron chi connectivity index (χ0n) is 14.1. The van der Waals surface area contributed by atoms with Crippen molar-refractivity contribution in [3.05, 3.63) is 78.0 Å². The molecule has 5 heteroatoms. The van der Waals surface area contributed by atoms with Gasteiger partial charge >= 0.3 is 6.03 Å². The van der Waals surface area contributed by atoms with Gasteiger partial charge < -0.3 is 15.4 Å². The fraction of sp³-hybridized carbons (Fsp3) is 0.100. The lowest BCUT2D eigenvalue weighted by Crippen LogP contribution is -2.20. The highest BCUT2D eigenvalue weighted by Gasteiger charge is 2.05. The number of nitrogens with one attached hydrogen (secondary N) is 2. The summed E-state index contributed by atoms with van der Waals surface area (Å²) in [4.78, 5) is 16.3. The van der Waals surface area contributed by atoms with Crippen LogP contribution in [0.1, 0.15) is 11.1 Å². The number of rotatable bonds is 4. The first-order valence-corrected chi connectivity index (χ1v) is 7.94. The minimum Gasteiger partial charge on any atom is -0.439 e. The highest BCUT2D eigenvalue weighted by atomic mass is 16.5. The van der Waals surface area contributed by atoms with Gasteiger partial charge in [0.1, 0.15) is 5.75 Å². The summed E-state index contributed by atoms with van der Waals surface area (Å²) in [7, 11) is 0. The number of carbonyl (C=O) groups is 1. The number of carbonyl (C=O) groups excluding carboxylic acids is 1. The van der Waals surface area contributed by atoms with Crippen molar-refractivity contribution < 1.29 is 9.53 Å². The lowest BCUT2D eigenvalue weighted by atomic mass is 10.2. The summed E-state index contributed by atoms with van der Waals surface area (Å²) >= 11 is 0. The Morgan fingerprint density at radius 1 is 0.960 bits per heavy atom. The molecule has 126 valence electrons. The average Bonchev–Trinajstić information content (AvgIpc) is 2.59. The van der Waals surface area contributed by atoms with Crippen molar-refractivity contribution in [1.82, 2.24) is 4.98 Å². The molecule has 3 aromatic rings. The largest absolute Gasteiger partial charge is 0.439 e. The van der Waals surface area contributed by atoms with Gasteiger partial charge in [-0.2, -0.15) is 0 Å². The van der Waals surface area contributed by atoms with E-state index in [9.17, 15) is 4.79 Å². The fourth-order valence-electron chi connectivity index (χ4n) is 2.31. The number of pyridine rings is 1. The van der Waals surface area contributed by atoms with Crippen LogP contribution in [-0.4, -0.2) is 11.0 Å². The maximum atomic E-state index is 12.1. The average molecular weight is 333 g/mol. The lowest BCUT2D eigenvalue weighted by Gasteiger charge is -2.10. The highest BCUT2D eigenvalue weighted by molar-refractivity contribution is 6.00. The summed E-state index contributed by atoms with van der Waals surface area (Å²) in [5.74, 6) is 1.20. The first-order valence-electron chi connectivity index (χ1n) is 7.94. The maximum Gasteiger partial charge on any atom is 0.323 e. The molecule has 0 aliphatic carbocycles. The molecule has 0 spiro atoms. The van der Waals surface area contributed by atoms with Gasteiger partial charge in [-0.1, -0.05) is 30.3 Å². The third-order valence-corrected chi connectivity index (χ3v) is 3.60. The van der Waals surface area contributed by atoms with E-state index in [-0.39, 0.29) is 6.03 Å². The Kier molecular flexibility index (Phi) is 4.95. The number of anilines is 2. The van der Waals surface area contributed by atoms with E-state index < -0.39 is 0 Å². The quantitative estimate of drug-likeness (QED) is 0.695. The van der Waals surface area contributed by atoms with Crippen molar-refractivity contribution in [2.24, 2.45) is 0 Å². The van der Waals surface area contributed by atoms with E-state index in [1.54, 1.807) is 18.3 Å². The Hall–Kier alpha value is -3.34. The van der Waals surface area contributed by atoms with E-state index >= 15 is 0 Å². The number of hydrogen-bond donors (Lipinski definition) is 2. The second kappa shape index (κ2) is 7.49. The van der Waals surface area contributed by atoms with E-state index in [0.29, 0.717) is 11.6 Å². The highest BCUT2D eigenvalue weighted by Crippen LogP contribution is 2.21. The minimum atomic E-state index is -0.316. The van der Waals surface area contributed by atoms with Gasteiger partial charge in [0.05, 0.1) is 11.9 Å². The number of urea groups is 1. The summed E-state index contributed by atoms with van der Waals surface area (Å²) < 4.78 is 5.69. The molecule has 0 atom stereocenters. The van der Waals surface area contributed by atoms with Crippen LogP contribution >= 0.6 is 0 Å². The Labute approximate surface area is 146 Å². The number of hydrogen-bond acceptors (Lipinski definition) is 3. The van der Waals surface area contributed by atoms with Crippen LogP contribution in [0.2, 0.25) is 0 Å². The smallest absolute Gasteiger partial charge is 0.323 e. The fourth-order valence-corrected chi connectivity index (χ4v) is 2.31. The van der Waals surface area contributed by atoms with Gasteiger partial charge in [0.2, 0.25) is 5.88 Å². The van der Waals surface area contributed by atoms with E-state index in [4.69, 9.17) is 4.74 Å². The molecule has 0 bridgehead atoms. The van der Waals surface area contributed by atoms with Crippen LogP contribution in [0, 0.1) is 13.8 Å². The van der Waals surface area contributed by atoms with Crippen LogP contribution in [0.15, 0.2) is 66.9 Å². The molecule has 0 saturated heterocycles. The predicted molar refractivity (Wildman–Crippen MR) is 99.3 cm³/mol. The van der Waals surface area contributed by atoms with Gasteiger partial charge in [-0.3, -0.25) is 0 Å². The molecule has 25 heavy (non-hydrogen) atoms. The molecule has 0 saturated carbocycles. The summed E-state index contributed by atoms with van der Waals surface area (Å²) in [5, 5.41) is 5.56. The Balaban J connectivity index is 1.60. The first kappa shape index (κ1) is 16.5. The van der Waals surface area contributed by atoms with Crippen molar-refractivity contribution >= 4 is 17.4 Å². The molecule has 0 aliphatic rings. The van der Waals surface area contributed by atoms with Gasteiger partial charge in [0.25, 0.3) is 0 Å². The molecule has 2 N–H and O–H groups in total. The summed E-state index contributed by atoms with van der Waals surface area (Å²) in [5.41, 5.74) is 3.47. The van der Waals surface area contributed by atoms with Crippen LogP contribution in [0.25, 0.3) is 0 Å². The van der Waals surface area contributed by atoms with Crippen molar-refractivity contribution in [1.29, 1.82) is 0 Å². The first-order chi connectivity index (χ1) is 12.1. The van der Waals surface area contributed by atoms with Gasteiger partial charge in [-0.25, -0.2) is 9.78 Å². The normalized spacial score (nSPS) is 10.2. The molecule has 0 aliphatic heterocycles. The van der Waals surface area contributed by atoms with E-state index in [2.05, 4.69) is 15.6 Å². The van der Waals surface area contributed by atoms with Crippen LogP contribution in [0.3, 0.4) is 0 Å². The molecule has 1 aromatic heterocycles. The van der Waals surface area contributed by atoms with E-state index in [0.717, 1.165) is 22.6 Å². The predicted octanol–water partition coefficient (Wildman–Crippen LogP) is 5.13. The molecular weight excluding hydrogens is 314 g/mol. The van der Waals surface area contributed by atoms with Crippen LogP contribution < -0.4 is 15.4 Å². The van der Waals surface area contributed by atoms with Gasteiger partial charge in [-0.15, -0.1) is 0 Å². The summed E-state index contributed by atoms with van der Waals surface area (Å²) in [6, 6.07) is 18.5. The Morgan fingerprint density at radius 3 is 2.52 bits per heavy atom. The molecule has 2 aromatic carbocycles. The topological polar surface area (TPSA) is 63.2 Å². The zero-order chi connectivity index (χ0) is 17.6. The molecular formula is C20H19N3O2. The van der Waals surface area contributed by atoms with Crippen molar-refractivity contribution in [3.63, 3.8) is 0 Å². The van der Waals surface area contributed by atoms with Gasteiger partial charge in [0.15, 0.2) is 0 Å². The number of aromatic nitrogens is 1. The number of nitrogens with zero attached hydrogens (tertiary/aromatic N) is 1. The number of benzene rings is 2. The Morgan fingerprint density at radius 2 is 1.80 bits per heavy atom. The number of aryl methyl sites for hydroxylation is 2. The summed E-state index contributed by atoms with van der Waals surface area (Å²) in [6.07, 6.45) is 1.56. The third-order valence-electron chi connectivity index (χ3n) is 3.60. The van der Waals surface area contributed by atoms with E-state index in [1.165, 1.54) is 0 Å². The Bertz CT molecular complexity index is 876. The van der Waals surface area contributed by atoms with Gasteiger partial charge in [-0.05, 0) is 49.2 Å². The number of amides is 2. The van der Waals surface area contributed by atoms with Crippen molar-refractivity contribution in [3.8, 4) is 11.6 Å². The number of ether oxygens (including phenoxy) is 1. The molecule has 0 radical (unpaired) electrons. The van der Waals surface area contributed by atoms with Crippen LogP contribution in [0.4, 0.5) is 16.2 Å². The molecule has 5 nitrogen and oxygen atoms in total. The SMILES string of the molecule is Cc1cccc(Oc2ccc(NC(=O)Nc3ccccc3C)cn2)c1. The maximum absolute atomic E-state index is 12.1. The lowest BCUT2D eigenvalue weighted by molar-refractivity contribution is 0.262. The van der Waals surface area contributed by atoms with Crippen molar-refractivity contribution in [2.45, 2.75) is 13.8 Å².